The van der Waals surface area contributed by atoms with Crippen molar-refractivity contribution in [1.29, 1.82) is 0 Å². The number of hydrogen-bond acceptors (Lipinski definition) is 8. The fraction of sp³-hybridized carbons (Fsp3) is 0.778. The van der Waals surface area contributed by atoms with Gasteiger partial charge in [-0.3, -0.25) is 9.59 Å². The van der Waals surface area contributed by atoms with E-state index in [1.165, 1.54) is 0 Å². The molecule has 0 heterocycles. The summed E-state index contributed by atoms with van der Waals surface area (Å²) in [6.07, 6.45) is 10.3. The number of rotatable bonds is 20. The van der Waals surface area contributed by atoms with E-state index < -0.39 is 11.1 Å². The molecule has 10 nitrogen and oxygen atoms in total. The van der Waals surface area contributed by atoms with Crippen LogP contribution < -0.4 is 21.3 Å². The van der Waals surface area contributed by atoms with Gasteiger partial charge in [-0.05, 0) is 92.7 Å². The first-order valence-corrected chi connectivity index (χ1v) is 13.2. The molecule has 10 heteroatoms. The Labute approximate surface area is 223 Å². The average molecular weight is 523 g/mol. The summed E-state index contributed by atoms with van der Waals surface area (Å²) in [5, 5.41) is 37.5. The number of carbonyl (C=O) groups excluding carboxylic acids is 2. The third-order valence-corrected chi connectivity index (χ3v) is 6.85. The molecule has 0 unspecified atom stereocenters. The van der Waals surface area contributed by atoms with Gasteiger partial charge in [0.1, 0.15) is 0 Å². The van der Waals surface area contributed by atoms with Gasteiger partial charge in [0.2, 0.25) is 11.8 Å². The number of terminal acetylenes is 1. The lowest BCUT2D eigenvalue weighted by Gasteiger charge is -2.28. The van der Waals surface area contributed by atoms with E-state index in [4.69, 9.17) is 16.8 Å². The van der Waals surface area contributed by atoms with E-state index in [-0.39, 0.29) is 11.8 Å². The Bertz CT molecular complexity index is 750. The van der Waals surface area contributed by atoms with Crippen LogP contribution in [0.2, 0.25) is 0 Å². The number of unbranched alkanes of at least 4 members (excludes halogenated alkanes) is 1. The van der Waals surface area contributed by atoms with Gasteiger partial charge in [-0.2, -0.15) is 0 Å². The predicted molar refractivity (Wildman–Crippen MR) is 149 cm³/mol. The summed E-state index contributed by atoms with van der Waals surface area (Å²) < 4.78 is 0. The second kappa shape index (κ2) is 18.6. The van der Waals surface area contributed by atoms with Crippen LogP contribution in [0, 0.1) is 18.3 Å². The molecule has 0 aromatic heterocycles. The Kier molecular flexibility index (Phi) is 17.3. The molecule has 0 rings (SSSR count). The minimum atomic E-state index is -0.421. The summed E-state index contributed by atoms with van der Waals surface area (Å²) in [6, 6.07) is 0. The zero-order valence-corrected chi connectivity index (χ0v) is 23.7. The highest BCUT2D eigenvalue weighted by Gasteiger charge is 2.23. The Hall–Kier alpha value is -2.64. The van der Waals surface area contributed by atoms with E-state index in [1.54, 1.807) is 13.8 Å². The summed E-state index contributed by atoms with van der Waals surface area (Å²) in [5.41, 5.74) is 0.381. The molecule has 0 saturated heterocycles. The van der Waals surface area contributed by atoms with Gasteiger partial charge in [0.15, 0.2) is 0 Å². The molecule has 0 aliphatic rings. The lowest BCUT2D eigenvalue weighted by atomic mass is 9.94. The van der Waals surface area contributed by atoms with Crippen molar-refractivity contribution < 1.29 is 20.0 Å². The first kappa shape index (κ1) is 34.4. The summed E-state index contributed by atoms with van der Waals surface area (Å²) in [5.74, 6) is 2.76. The molecule has 0 atom stereocenters. The van der Waals surface area contributed by atoms with Crippen molar-refractivity contribution >= 4 is 23.2 Å². The molecule has 37 heavy (non-hydrogen) atoms. The zero-order valence-electron chi connectivity index (χ0n) is 23.7. The quantitative estimate of drug-likeness (QED) is 0.0476. The monoisotopic (exact) mass is 522 g/mol. The third-order valence-electron chi connectivity index (χ3n) is 6.85. The lowest BCUT2D eigenvalue weighted by molar-refractivity contribution is -0.122. The molecule has 0 radical (unpaired) electrons. The van der Waals surface area contributed by atoms with E-state index in [0.717, 1.165) is 38.8 Å². The number of nitrogens with zero attached hydrogens (tertiary/aromatic N) is 2. The smallest absolute Gasteiger partial charge is 0.220 e. The molecular weight excluding hydrogens is 472 g/mol. The number of carbonyl (C=O) groups is 2. The number of oxime groups is 2. The molecule has 0 aromatic rings. The van der Waals surface area contributed by atoms with Crippen molar-refractivity contribution in [2.45, 2.75) is 104 Å². The first-order chi connectivity index (χ1) is 17.4. The van der Waals surface area contributed by atoms with Crippen LogP contribution in [0.25, 0.3) is 0 Å². The number of hydrogen-bond donors (Lipinski definition) is 6. The number of nitrogens with one attached hydrogen (secondary N) is 4. The fourth-order valence-corrected chi connectivity index (χ4v) is 3.54. The topological polar surface area (TPSA) is 147 Å². The summed E-state index contributed by atoms with van der Waals surface area (Å²) in [4.78, 5) is 24.1. The van der Waals surface area contributed by atoms with Crippen LogP contribution in [0.1, 0.15) is 92.9 Å². The Balaban J connectivity index is 4.61. The molecule has 212 valence electrons. The molecule has 0 aliphatic carbocycles. The van der Waals surface area contributed by atoms with Crippen LogP contribution in [-0.2, 0) is 9.59 Å². The maximum Gasteiger partial charge on any atom is 0.220 e. The highest BCUT2D eigenvalue weighted by Crippen LogP contribution is 2.15. The van der Waals surface area contributed by atoms with Crippen molar-refractivity contribution in [2.24, 2.45) is 16.2 Å². The van der Waals surface area contributed by atoms with Crippen molar-refractivity contribution in [2.75, 3.05) is 26.2 Å². The van der Waals surface area contributed by atoms with E-state index in [0.29, 0.717) is 56.1 Å². The molecule has 0 bridgehead atoms. The summed E-state index contributed by atoms with van der Waals surface area (Å²) in [6.45, 7) is 14.0. The molecule has 0 spiro atoms. The van der Waals surface area contributed by atoms with Gasteiger partial charge >= 0.3 is 0 Å². The average Bonchev–Trinajstić information content (AvgIpc) is 2.84. The second-order valence-electron chi connectivity index (χ2n) is 10.6. The SMILES string of the molecule is C#CCCCNC(=O)CCCC(=O)NCCC(CCNC(C)(C)/C(C)=N\O)CCNC(C)(C)/C(C)=N\O. The van der Waals surface area contributed by atoms with E-state index in [2.05, 4.69) is 37.5 Å². The van der Waals surface area contributed by atoms with Gasteiger partial charge in [0.05, 0.1) is 22.5 Å². The van der Waals surface area contributed by atoms with Gasteiger partial charge in [-0.25, -0.2) is 0 Å². The van der Waals surface area contributed by atoms with Crippen LogP contribution in [0.4, 0.5) is 0 Å². The van der Waals surface area contributed by atoms with E-state index in [9.17, 15) is 9.59 Å². The lowest BCUT2D eigenvalue weighted by Crippen LogP contribution is -2.47. The molecule has 0 aliphatic heterocycles. The van der Waals surface area contributed by atoms with Crippen molar-refractivity contribution in [1.82, 2.24) is 21.3 Å². The summed E-state index contributed by atoms with van der Waals surface area (Å²) >= 11 is 0. The molecular formula is C27H50N6O4. The maximum atomic E-state index is 12.2. The Morgan fingerprint density at radius 2 is 1.22 bits per heavy atom. The molecule has 0 fully saturated rings. The standard InChI is InChI=1S/C27H50N6O4/c1-8-9-10-17-28-24(34)12-11-13-25(35)29-18-14-23(15-19-30-26(4,5)21(2)32-36)16-20-31-27(6,7)22(3)33-37/h1,23,30-31,36-37H,9-20H2,2-7H3,(H,28,34)(H,29,35)/b32-21-,33-22-. The van der Waals surface area contributed by atoms with Gasteiger partial charge in [-0.15, -0.1) is 12.3 Å². The van der Waals surface area contributed by atoms with Gasteiger partial charge in [-0.1, -0.05) is 10.3 Å². The molecule has 0 aromatic carbocycles. The minimum absolute atomic E-state index is 0.0537. The second-order valence-corrected chi connectivity index (χ2v) is 10.6. The van der Waals surface area contributed by atoms with Gasteiger partial charge in [0, 0.05) is 32.4 Å². The van der Waals surface area contributed by atoms with E-state index >= 15 is 0 Å². The largest absolute Gasteiger partial charge is 0.411 e. The molecule has 0 saturated carbocycles. The van der Waals surface area contributed by atoms with Crippen LogP contribution in [0.15, 0.2) is 10.3 Å². The van der Waals surface area contributed by atoms with Gasteiger partial charge < -0.3 is 31.7 Å². The van der Waals surface area contributed by atoms with Gasteiger partial charge in [0.25, 0.3) is 0 Å². The van der Waals surface area contributed by atoms with Crippen LogP contribution in [0.3, 0.4) is 0 Å². The van der Waals surface area contributed by atoms with Crippen molar-refractivity contribution in [3.05, 3.63) is 0 Å². The van der Waals surface area contributed by atoms with Crippen molar-refractivity contribution in [3.8, 4) is 12.3 Å². The third kappa shape index (κ3) is 15.9. The minimum Gasteiger partial charge on any atom is -0.411 e. The zero-order chi connectivity index (χ0) is 28.3. The fourth-order valence-electron chi connectivity index (χ4n) is 3.54. The summed E-state index contributed by atoms with van der Waals surface area (Å²) in [7, 11) is 0. The maximum absolute atomic E-state index is 12.2. The predicted octanol–water partition coefficient (Wildman–Crippen LogP) is 3.03. The molecule has 6 N–H and O–H groups in total. The van der Waals surface area contributed by atoms with Crippen LogP contribution in [0.5, 0.6) is 0 Å². The normalized spacial score (nSPS) is 12.9. The molecule has 2 amide bonds. The Morgan fingerprint density at radius 1 is 0.784 bits per heavy atom. The van der Waals surface area contributed by atoms with E-state index in [1.807, 2.05) is 27.7 Å². The van der Waals surface area contributed by atoms with Crippen molar-refractivity contribution in [3.63, 3.8) is 0 Å². The van der Waals surface area contributed by atoms with Crippen LogP contribution >= 0.6 is 0 Å². The highest BCUT2D eigenvalue weighted by molar-refractivity contribution is 5.90. The number of amides is 2. The first-order valence-electron chi connectivity index (χ1n) is 13.2. The highest BCUT2D eigenvalue weighted by atomic mass is 16.4. The Morgan fingerprint density at radius 3 is 1.65 bits per heavy atom. The van der Waals surface area contributed by atoms with Crippen LogP contribution in [-0.4, -0.2) is 70.9 Å².